The topological polar surface area (TPSA) is 46.5 Å². The van der Waals surface area contributed by atoms with Crippen molar-refractivity contribution in [2.75, 3.05) is 28.4 Å². The molecule has 0 saturated heterocycles. The maximum Gasteiger partial charge on any atom is 0.209 e. The molecule has 4 rings (SSSR count). The fourth-order valence-electron chi connectivity index (χ4n) is 4.46. The summed E-state index contributed by atoms with van der Waals surface area (Å²) in [5.74, 6) is 2.23. The predicted molar refractivity (Wildman–Crippen MR) is 125 cm³/mol. The number of fused-ring (bicyclic) bond motifs is 1. The molecule has 0 fully saturated rings. The molecule has 1 N–H and O–H groups in total. The molecule has 2 aromatic carbocycles. The first-order valence-corrected chi connectivity index (χ1v) is 10.3. The summed E-state index contributed by atoms with van der Waals surface area (Å²) in [6, 6.07) is 16.3. The zero-order valence-corrected chi connectivity index (χ0v) is 18.9. The fraction of sp³-hybridized carbons (Fsp3) is 0.269. The molecule has 0 unspecified atom stereocenters. The molecule has 0 amide bonds. The first-order chi connectivity index (χ1) is 14.9. The molecule has 5 heteroatoms. The van der Waals surface area contributed by atoms with Gasteiger partial charge in [-0.15, -0.1) is 0 Å². The van der Waals surface area contributed by atoms with E-state index in [0.29, 0.717) is 0 Å². The Morgan fingerprint density at radius 2 is 1.48 bits per heavy atom. The third kappa shape index (κ3) is 3.40. The Bertz CT molecular complexity index is 1160. The molecule has 0 aliphatic carbocycles. The van der Waals surface area contributed by atoms with Crippen LogP contribution in [-0.4, -0.2) is 43.6 Å². The van der Waals surface area contributed by atoms with Crippen molar-refractivity contribution in [3.8, 4) is 28.5 Å². The second-order valence-electron chi connectivity index (χ2n) is 8.12. The van der Waals surface area contributed by atoms with Crippen LogP contribution < -0.4 is 14.2 Å². The normalized spacial score (nSPS) is 14.8. The van der Waals surface area contributed by atoms with Crippen molar-refractivity contribution in [3.63, 3.8) is 0 Å². The summed E-state index contributed by atoms with van der Waals surface area (Å²) >= 11 is 0. The Hall–Kier alpha value is -3.47. The Balaban J connectivity index is 1.76. The molecular formula is C26H29N2O3+. The van der Waals surface area contributed by atoms with Crippen LogP contribution in [0.15, 0.2) is 54.6 Å². The van der Waals surface area contributed by atoms with Gasteiger partial charge in [0.05, 0.1) is 43.7 Å². The number of hydrogen-bond acceptors (Lipinski definition) is 3. The van der Waals surface area contributed by atoms with Gasteiger partial charge in [0.1, 0.15) is 24.3 Å². The van der Waals surface area contributed by atoms with Crippen LogP contribution in [0.1, 0.15) is 25.1 Å². The quantitative estimate of drug-likeness (QED) is 0.544. The summed E-state index contributed by atoms with van der Waals surface area (Å²) < 4.78 is 19.1. The molecule has 160 valence electrons. The van der Waals surface area contributed by atoms with Crippen LogP contribution in [-0.2, 0) is 5.41 Å². The number of nitrogens with one attached hydrogen (secondary N) is 1. The average Bonchev–Trinajstić information content (AvgIpc) is 3.28. The minimum atomic E-state index is -0.0869. The summed E-state index contributed by atoms with van der Waals surface area (Å²) in [7, 11) is 7.11. The molecular weight excluding hydrogens is 388 g/mol. The number of methoxy groups -OCH3 is 3. The van der Waals surface area contributed by atoms with E-state index in [-0.39, 0.29) is 5.41 Å². The number of H-pyrrole nitrogens is 1. The van der Waals surface area contributed by atoms with E-state index in [1.165, 1.54) is 17.0 Å². The highest BCUT2D eigenvalue weighted by Crippen LogP contribution is 2.41. The van der Waals surface area contributed by atoms with E-state index in [4.69, 9.17) is 14.2 Å². The zero-order chi connectivity index (χ0) is 22.2. The van der Waals surface area contributed by atoms with Gasteiger partial charge >= 0.3 is 0 Å². The van der Waals surface area contributed by atoms with Gasteiger partial charge in [0.15, 0.2) is 5.71 Å². The van der Waals surface area contributed by atoms with Crippen LogP contribution >= 0.6 is 0 Å². The van der Waals surface area contributed by atoms with Gasteiger partial charge in [0.2, 0.25) is 5.69 Å². The number of allylic oxidation sites excluding steroid dienone is 1. The fourth-order valence-corrected chi connectivity index (χ4v) is 4.46. The van der Waals surface area contributed by atoms with Crippen LogP contribution in [0.25, 0.3) is 17.3 Å². The predicted octanol–water partition coefficient (Wildman–Crippen LogP) is 5.43. The molecule has 3 aromatic rings. The van der Waals surface area contributed by atoms with Crippen LogP contribution in [0.2, 0.25) is 0 Å². The van der Waals surface area contributed by atoms with Crippen LogP contribution in [0.5, 0.6) is 17.2 Å². The lowest BCUT2D eigenvalue weighted by Crippen LogP contribution is -2.26. The van der Waals surface area contributed by atoms with Crippen molar-refractivity contribution in [1.82, 2.24) is 4.98 Å². The van der Waals surface area contributed by atoms with Crippen LogP contribution in [0.4, 0.5) is 5.69 Å². The van der Waals surface area contributed by atoms with Crippen molar-refractivity contribution in [2.45, 2.75) is 19.3 Å². The SMILES string of the molecule is COc1cc(-c2c(OC)cccc2OC)[nH]c1/C=C/C1=[N+](C)c2ccccc2C1(C)C. The van der Waals surface area contributed by atoms with Gasteiger partial charge in [-0.25, -0.2) is 0 Å². The first kappa shape index (κ1) is 20.8. The molecule has 0 spiro atoms. The van der Waals surface area contributed by atoms with Gasteiger partial charge in [-0.2, -0.15) is 4.58 Å². The molecule has 31 heavy (non-hydrogen) atoms. The molecule has 5 nitrogen and oxygen atoms in total. The van der Waals surface area contributed by atoms with Crippen molar-refractivity contribution in [2.24, 2.45) is 0 Å². The standard InChI is InChI=1S/C26H28N2O3/c1-26(2)17-10-7-8-11-20(17)28(3)24(26)15-14-18-23(31-6)16-19(27-18)25-21(29-4)12-9-13-22(25)30-5/h7-16H,1-6H3/p+1. The van der Waals surface area contributed by atoms with E-state index >= 15 is 0 Å². The first-order valence-electron chi connectivity index (χ1n) is 10.3. The molecule has 0 radical (unpaired) electrons. The summed E-state index contributed by atoms with van der Waals surface area (Å²) in [5, 5.41) is 0. The van der Waals surface area contributed by atoms with E-state index in [2.05, 4.69) is 66.9 Å². The Morgan fingerprint density at radius 3 is 2.10 bits per heavy atom. The third-order valence-corrected chi connectivity index (χ3v) is 6.08. The maximum atomic E-state index is 5.66. The third-order valence-electron chi connectivity index (χ3n) is 6.08. The molecule has 1 aromatic heterocycles. The summed E-state index contributed by atoms with van der Waals surface area (Å²) in [6.45, 7) is 4.51. The maximum absolute atomic E-state index is 5.66. The van der Waals surface area contributed by atoms with Crippen molar-refractivity contribution in [3.05, 3.63) is 65.9 Å². The molecule has 0 saturated carbocycles. The second kappa shape index (κ2) is 7.99. The van der Waals surface area contributed by atoms with E-state index in [0.717, 1.165) is 34.2 Å². The van der Waals surface area contributed by atoms with Gasteiger partial charge in [-0.3, -0.25) is 0 Å². The second-order valence-corrected chi connectivity index (χ2v) is 8.12. The largest absolute Gasteiger partial charge is 0.496 e. The Morgan fingerprint density at radius 1 is 0.839 bits per heavy atom. The molecule has 0 atom stereocenters. The number of hydrogen-bond donors (Lipinski definition) is 1. The number of nitrogens with zero attached hydrogens (tertiary/aromatic N) is 1. The Kier molecular flexibility index (Phi) is 5.36. The van der Waals surface area contributed by atoms with Crippen molar-refractivity contribution in [1.29, 1.82) is 0 Å². The monoisotopic (exact) mass is 417 g/mol. The van der Waals surface area contributed by atoms with Crippen LogP contribution in [0, 0.1) is 0 Å². The van der Waals surface area contributed by atoms with Gasteiger partial charge in [-0.1, -0.05) is 24.3 Å². The van der Waals surface area contributed by atoms with Gasteiger partial charge in [-0.05, 0) is 32.1 Å². The molecule has 1 aliphatic rings. The number of para-hydroxylation sites is 1. The van der Waals surface area contributed by atoms with E-state index in [1.807, 2.05) is 24.3 Å². The minimum Gasteiger partial charge on any atom is -0.496 e. The van der Waals surface area contributed by atoms with Gasteiger partial charge in [0.25, 0.3) is 0 Å². The number of ether oxygens (including phenoxy) is 3. The lowest BCUT2D eigenvalue weighted by atomic mass is 9.81. The molecule has 2 heterocycles. The summed E-state index contributed by atoms with van der Waals surface area (Å²) in [6.07, 6.45) is 4.24. The highest BCUT2D eigenvalue weighted by Gasteiger charge is 2.42. The number of aromatic amines is 1. The summed E-state index contributed by atoms with van der Waals surface area (Å²) in [5.41, 5.74) is 6.33. The van der Waals surface area contributed by atoms with E-state index < -0.39 is 0 Å². The zero-order valence-electron chi connectivity index (χ0n) is 18.9. The lowest BCUT2D eigenvalue weighted by Gasteiger charge is -2.15. The van der Waals surface area contributed by atoms with E-state index in [1.54, 1.807) is 21.3 Å². The lowest BCUT2D eigenvalue weighted by molar-refractivity contribution is -0.401. The number of rotatable bonds is 6. The number of benzene rings is 2. The molecule has 0 bridgehead atoms. The van der Waals surface area contributed by atoms with Crippen molar-refractivity contribution >= 4 is 17.5 Å². The molecule has 1 aliphatic heterocycles. The van der Waals surface area contributed by atoms with Crippen molar-refractivity contribution < 1.29 is 18.8 Å². The highest BCUT2D eigenvalue weighted by atomic mass is 16.5. The minimum absolute atomic E-state index is 0.0869. The van der Waals surface area contributed by atoms with Crippen LogP contribution in [0.3, 0.4) is 0 Å². The summed E-state index contributed by atoms with van der Waals surface area (Å²) in [4.78, 5) is 3.48. The highest BCUT2D eigenvalue weighted by molar-refractivity contribution is 6.05. The average molecular weight is 418 g/mol. The van der Waals surface area contributed by atoms with Gasteiger partial charge in [0, 0.05) is 23.8 Å². The number of aromatic nitrogens is 1. The smallest absolute Gasteiger partial charge is 0.209 e. The van der Waals surface area contributed by atoms with E-state index in [9.17, 15) is 0 Å². The van der Waals surface area contributed by atoms with Gasteiger partial charge < -0.3 is 19.2 Å². The Labute approximate surface area is 183 Å².